The molecular weight excluding hydrogens is 202 g/mol. The standard InChI is InChI=1S/C13H23NS/c1-4-14-13(7-5-6-11(2)3)12-8-9-15-10-12/h8-11,13-14H,4-7H2,1-3H3. The van der Waals surface area contributed by atoms with Crippen LogP contribution in [0.4, 0.5) is 0 Å². The topological polar surface area (TPSA) is 12.0 Å². The van der Waals surface area contributed by atoms with Crippen LogP contribution in [-0.4, -0.2) is 6.54 Å². The molecule has 0 saturated heterocycles. The Bertz CT molecular complexity index is 241. The van der Waals surface area contributed by atoms with Gasteiger partial charge in [0.1, 0.15) is 0 Å². The number of hydrogen-bond acceptors (Lipinski definition) is 2. The van der Waals surface area contributed by atoms with Crippen molar-refractivity contribution in [3.05, 3.63) is 22.4 Å². The van der Waals surface area contributed by atoms with E-state index in [1.54, 1.807) is 11.3 Å². The highest BCUT2D eigenvalue weighted by Crippen LogP contribution is 2.22. The van der Waals surface area contributed by atoms with E-state index in [1.165, 1.54) is 24.8 Å². The van der Waals surface area contributed by atoms with Crippen molar-refractivity contribution in [3.8, 4) is 0 Å². The number of hydrogen-bond donors (Lipinski definition) is 1. The molecule has 0 aliphatic carbocycles. The summed E-state index contributed by atoms with van der Waals surface area (Å²) in [4.78, 5) is 0. The van der Waals surface area contributed by atoms with E-state index in [9.17, 15) is 0 Å². The molecule has 0 amide bonds. The van der Waals surface area contributed by atoms with E-state index in [4.69, 9.17) is 0 Å². The van der Waals surface area contributed by atoms with Gasteiger partial charge in [-0.05, 0) is 41.3 Å². The molecule has 2 heteroatoms. The van der Waals surface area contributed by atoms with Crippen molar-refractivity contribution in [1.82, 2.24) is 5.32 Å². The van der Waals surface area contributed by atoms with Crippen LogP contribution in [0.1, 0.15) is 51.6 Å². The molecule has 1 heterocycles. The van der Waals surface area contributed by atoms with Crippen molar-refractivity contribution < 1.29 is 0 Å². The fourth-order valence-corrected chi connectivity index (χ4v) is 2.55. The minimum Gasteiger partial charge on any atom is -0.310 e. The molecule has 1 aromatic heterocycles. The minimum atomic E-state index is 0.569. The Morgan fingerprint density at radius 3 is 2.67 bits per heavy atom. The normalized spacial score (nSPS) is 13.3. The van der Waals surface area contributed by atoms with Gasteiger partial charge in [-0.25, -0.2) is 0 Å². The highest BCUT2D eigenvalue weighted by atomic mass is 32.1. The molecule has 0 spiro atoms. The summed E-state index contributed by atoms with van der Waals surface area (Å²) in [6, 6.07) is 2.81. The van der Waals surface area contributed by atoms with Gasteiger partial charge in [-0.15, -0.1) is 0 Å². The van der Waals surface area contributed by atoms with Gasteiger partial charge in [-0.2, -0.15) is 11.3 Å². The molecule has 1 rings (SSSR count). The summed E-state index contributed by atoms with van der Waals surface area (Å²) in [5, 5.41) is 8.00. The fraction of sp³-hybridized carbons (Fsp3) is 0.692. The first-order valence-corrected chi connectivity index (χ1v) is 6.93. The summed E-state index contributed by atoms with van der Waals surface area (Å²) in [6.45, 7) is 7.84. The lowest BCUT2D eigenvalue weighted by atomic mass is 10.00. The van der Waals surface area contributed by atoms with Crippen molar-refractivity contribution in [1.29, 1.82) is 0 Å². The highest BCUT2D eigenvalue weighted by Gasteiger charge is 2.10. The van der Waals surface area contributed by atoms with E-state index in [0.717, 1.165) is 12.5 Å². The maximum atomic E-state index is 3.57. The molecule has 1 atom stereocenters. The van der Waals surface area contributed by atoms with Crippen LogP contribution in [0, 0.1) is 5.92 Å². The third-order valence-electron chi connectivity index (χ3n) is 2.67. The van der Waals surface area contributed by atoms with E-state index >= 15 is 0 Å². The molecule has 1 unspecified atom stereocenters. The van der Waals surface area contributed by atoms with Crippen LogP contribution in [0.15, 0.2) is 16.8 Å². The van der Waals surface area contributed by atoms with Gasteiger partial charge in [0.05, 0.1) is 0 Å². The second-order valence-electron chi connectivity index (χ2n) is 4.49. The summed E-state index contributed by atoms with van der Waals surface area (Å²) in [5.41, 5.74) is 1.46. The van der Waals surface area contributed by atoms with Gasteiger partial charge < -0.3 is 5.32 Å². The SMILES string of the molecule is CCNC(CCCC(C)C)c1ccsc1. The molecule has 0 bridgehead atoms. The van der Waals surface area contributed by atoms with Gasteiger partial charge in [0.25, 0.3) is 0 Å². The second kappa shape index (κ2) is 7.02. The summed E-state index contributed by atoms with van der Waals surface area (Å²) >= 11 is 1.79. The van der Waals surface area contributed by atoms with Gasteiger partial charge in [0.15, 0.2) is 0 Å². The summed E-state index contributed by atoms with van der Waals surface area (Å²) in [5.74, 6) is 0.828. The molecule has 86 valence electrons. The van der Waals surface area contributed by atoms with Crippen LogP contribution in [-0.2, 0) is 0 Å². The third-order valence-corrected chi connectivity index (χ3v) is 3.37. The molecule has 0 saturated carbocycles. The smallest absolute Gasteiger partial charge is 0.0328 e. The van der Waals surface area contributed by atoms with E-state index < -0.39 is 0 Å². The van der Waals surface area contributed by atoms with Crippen LogP contribution in [0.2, 0.25) is 0 Å². The number of nitrogens with one attached hydrogen (secondary N) is 1. The first kappa shape index (κ1) is 12.7. The monoisotopic (exact) mass is 225 g/mol. The van der Waals surface area contributed by atoms with Crippen molar-refractivity contribution in [2.75, 3.05) is 6.54 Å². The second-order valence-corrected chi connectivity index (χ2v) is 5.27. The molecule has 1 nitrogen and oxygen atoms in total. The van der Waals surface area contributed by atoms with Crippen molar-refractivity contribution >= 4 is 11.3 Å². The van der Waals surface area contributed by atoms with Crippen molar-refractivity contribution in [2.24, 2.45) is 5.92 Å². The van der Waals surface area contributed by atoms with Crippen LogP contribution in [0.5, 0.6) is 0 Å². The zero-order valence-corrected chi connectivity index (χ0v) is 10.9. The molecule has 1 aromatic rings. The Balaban J connectivity index is 2.38. The molecule has 0 radical (unpaired) electrons. The maximum absolute atomic E-state index is 3.57. The zero-order valence-electron chi connectivity index (χ0n) is 10.1. The van der Waals surface area contributed by atoms with Gasteiger partial charge in [0, 0.05) is 6.04 Å². The number of rotatable bonds is 7. The van der Waals surface area contributed by atoms with Crippen LogP contribution < -0.4 is 5.32 Å². The van der Waals surface area contributed by atoms with E-state index in [2.05, 4.69) is 42.9 Å². The van der Waals surface area contributed by atoms with Crippen molar-refractivity contribution in [2.45, 2.75) is 46.1 Å². The zero-order chi connectivity index (χ0) is 11.1. The molecule has 0 aliphatic heterocycles. The van der Waals surface area contributed by atoms with E-state index in [1.807, 2.05) is 0 Å². The maximum Gasteiger partial charge on any atom is 0.0328 e. The average molecular weight is 225 g/mol. The Morgan fingerprint density at radius 2 is 2.13 bits per heavy atom. The predicted molar refractivity (Wildman–Crippen MR) is 69.4 cm³/mol. The van der Waals surface area contributed by atoms with E-state index in [-0.39, 0.29) is 0 Å². The molecule has 0 aliphatic rings. The van der Waals surface area contributed by atoms with Crippen molar-refractivity contribution in [3.63, 3.8) is 0 Å². The van der Waals surface area contributed by atoms with Gasteiger partial charge in [0.2, 0.25) is 0 Å². The van der Waals surface area contributed by atoms with Gasteiger partial charge in [-0.1, -0.05) is 33.6 Å². The quantitative estimate of drug-likeness (QED) is 0.732. The summed E-state index contributed by atoms with van der Waals surface area (Å²) in [7, 11) is 0. The van der Waals surface area contributed by atoms with Crippen LogP contribution >= 0.6 is 11.3 Å². The Morgan fingerprint density at radius 1 is 1.33 bits per heavy atom. The highest BCUT2D eigenvalue weighted by molar-refractivity contribution is 7.07. The first-order chi connectivity index (χ1) is 7.24. The molecule has 1 N–H and O–H groups in total. The third kappa shape index (κ3) is 4.80. The molecule has 0 fully saturated rings. The lowest BCUT2D eigenvalue weighted by Crippen LogP contribution is -2.20. The first-order valence-electron chi connectivity index (χ1n) is 5.99. The molecular formula is C13H23NS. The molecule has 15 heavy (non-hydrogen) atoms. The summed E-state index contributed by atoms with van der Waals surface area (Å²) in [6.07, 6.45) is 3.93. The van der Waals surface area contributed by atoms with Crippen LogP contribution in [0.25, 0.3) is 0 Å². The lowest BCUT2D eigenvalue weighted by molar-refractivity contribution is 0.456. The Hall–Kier alpha value is -0.340. The summed E-state index contributed by atoms with van der Waals surface area (Å²) < 4.78 is 0. The number of thiophene rings is 1. The molecule has 0 aromatic carbocycles. The fourth-order valence-electron chi connectivity index (χ4n) is 1.84. The van der Waals surface area contributed by atoms with Gasteiger partial charge in [-0.3, -0.25) is 0 Å². The van der Waals surface area contributed by atoms with Crippen LogP contribution in [0.3, 0.4) is 0 Å². The van der Waals surface area contributed by atoms with Gasteiger partial charge >= 0.3 is 0 Å². The largest absolute Gasteiger partial charge is 0.310 e. The van der Waals surface area contributed by atoms with E-state index in [0.29, 0.717) is 6.04 Å². The Labute approximate surface area is 97.9 Å². The average Bonchev–Trinajstić information content (AvgIpc) is 2.68. The lowest BCUT2D eigenvalue weighted by Gasteiger charge is -2.17. The Kier molecular flexibility index (Phi) is 5.96. The predicted octanol–water partition coefficient (Wildman–Crippen LogP) is 4.23. The minimum absolute atomic E-state index is 0.569.